The molecule has 1 aliphatic rings. The van der Waals surface area contributed by atoms with E-state index in [2.05, 4.69) is 31.9 Å². The van der Waals surface area contributed by atoms with E-state index in [9.17, 15) is 48.6 Å². The van der Waals surface area contributed by atoms with Crippen molar-refractivity contribution in [3.63, 3.8) is 0 Å². The van der Waals surface area contributed by atoms with E-state index in [1.165, 1.54) is 12.1 Å². The third kappa shape index (κ3) is 15.7. The standard InChI is InChI=1S/C41H58N8O10/c1-22(2)34(40(58)44-21-32(43)51)49-41(59)35(23(3)4)48-39(57)31(20-33(52)53)47-38(56)30(18-24-9-6-5-7-10-24)46-36(54)26-11-8-12-27(19-26)45-37(55)29(42)17-25-13-15-28(50)16-14-25/h5-7,9-10,13-16,22-23,26-27,29-31,34-35,50H,8,11-12,17-21,42H2,1-4H3,(H2,43,51)(H,44,58)(H,45,55)(H,46,54)(H,47,56)(H,48,57)(H,49,59)(H,52,53)/t26-,27-,29-,30-,31-,34-,35-/m0/s1. The Morgan fingerprint density at radius 1 is 0.695 bits per heavy atom. The molecule has 0 spiro atoms. The molecule has 1 saturated carbocycles. The van der Waals surface area contributed by atoms with Crippen molar-refractivity contribution in [3.05, 3.63) is 65.7 Å². The van der Waals surface area contributed by atoms with Crippen molar-refractivity contribution in [1.29, 1.82) is 0 Å². The van der Waals surface area contributed by atoms with Gasteiger partial charge in [-0.1, -0.05) is 76.6 Å². The zero-order valence-corrected chi connectivity index (χ0v) is 33.9. The van der Waals surface area contributed by atoms with Crippen LogP contribution in [-0.2, 0) is 51.2 Å². The number of hydrogen-bond donors (Lipinski definition) is 10. The number of aromatic hydroxyl groups is 1. The molecule has 7 atom stereocenters. The van der Waals surface area contributed by atoms with Crippen LogP contribution < -0.4 is 43.4 Å². The largest absolute Gasteiger partial charge is 0.508 e. The number of nitrogens with one attached hydrogen (secondary N) is 6. The number of carboxylic acid groups (broad SMARTS) is 1. The Morgan fingerprint density at radius 2 is 1.27 bits per heavy atom. The van der Waals surface area contributed by atoms with Gasteiger partial charge in [0.05, 0.1) is 19.0 Å². The number of hydrogen-bond acceptors (Lipinski definition) is 10. The van der Waals surface area contributed by atoms with Gasteiger partial charge in [0.2, 0.25) is 41.4 Å². The fourth-order valence-electron chi connectivity index (χ4n) is 6.70. The van der Waals surface area contributed by atoms with Crippen LogP contribution in [0.5, 0.6) is 5.75 Å². The number of carboxylic acids is 1. The molecule has 0 aromatic heterocycles. The number of rotatable bonds is 21. The van der Waals surface area contributed by atoms with Crippen molar-refractivity contribution in [2.24, 2.45) is 29.2 Å². The van der Waals surface area contributed by atoms with E-state index >= 15 is 0 Å². The molecule has 18 nitrogen and oxygen atoms in total. The number of aliphatic carboxylic acids is 1. The molecule has 2 aromatic rings. The molecule has 59 heavy (non-hydrogen) atoms. The quantitative estimate of drug-likeness (QED) is 0.0766. The summed E-state index contributed by atoms with van der Waals surface area (Å²) >= 11 is 0. The zero-order valence-electron chi connectivity index (χ0n) is 33.9. The maximum Gasteiger partial charge on any atom is 0.305 e. The monoisotopic (exact) mass is 822 g/mol. The van der Waals surface area contributed by atoms with Crippen LogP contribution in [0.15, 0.2) is 54.6 Å². The molecule has 0 heterocycles. The number of nitrogens with two attached hydrogens (primary N) is 2. The van der Waals surface area contributed by atoms with Crippen LogP contribution in [0, 0.1) is 17.8 Å². The number of phenols is 1. The van der Waals surface area contributed by atoms with Crippen molar-refractivity contribution < 1.29 is 48.6 Å². The van der Waals surface area contributed by atoms with Crippen LogP contribution in [-0.4, -0.2) is 100 Å². The van der Waals surface area contributed by atoms with Gasteiger partial charge in [-0.05, 0) is 60.8 Å². The number of carbonyl (C=O) groups is 8. The first-order chi connectivity index (χ1) is 27.8. The van der Waals surface area contributed by atoms with Crippen LogP contribution >= 0.6 is 0 Å². The number of carbonyl (C=O) groups excluding carboxylic acids is 7. The lowest BCUT2D eigenvalue weighted by atomic mass is 9.84. The number of amides is 7. The van der Waals surface area contributed by atoms with Crippen LogP contribution in [0.1, 0.15) is 70.9 Å². The average molecular weight is 823 g/mol. The number of primary amides is 1. The molecular formula is C41H58N8O10. The summed E-state index contributed by atoms with van der Waals surface area (Å²) in [7, 11) is 0. The molecule has 2 aromatic carbocycles. The van der Waals surface area contributed by atoms with E-state index in [4.69, 9.17) is 11.5 Å². The summed E-state index contributed by atoms with van der Waals surface area (Å²) in [5.41, 5.74) is 12.7. The Kier molecular flexibility index (Phi) is 18.3. The molecule has 322 valence electrons. The highest BCUT2D eigenvalue weighted by Gasteiger charge is 2.36. The molecule has 0 saturated heterocycles. The normalized spacial score (nSPS) is 17.6. The molecule has 18 heteroatoms. The van der Waals surface area contributed by atoms with Crippen LogP contribution in [0.3, 0.4) is 0 Å². The second-order valence-electron chi connectivity index (χ2n) is 15.6. The smallest absolute Gasteiger partial charge is 0.305 e. The second kappa shape index (κ2) is 22.8. The van der Waals surface area contributed by atoms with Gasteiger partial charge in [0, 0.05) is 18.4 Å². The second-order valence-corrected chi connectivity index (χ2v) is 15.6. The summed E-state index contributed by atoms with van der Waals surface area (Å²) < 4.78 is 0. The molecular weight excluding hydrogens is 764 g/mol. The fraction of sp³-hybridized carbons (Fsp3) is 0.512. The maximum absolute atomic E-state index is 13.9. The first-order valence-electron chi connectivity index (χ1n) is 19.7. The van der Waals surface area contributed by atoms with Gasteiger partial charge in [-0.25, -0.2) is 0 Å². The van der Waals surface area contributed by atoms with E-state index in [1.54, 1.807) is 70.2 Å². The minimum atomic E-state index is -1.68. The predicted molar refractivity (Wildman–Crippen MR) is 216 cm³/mol. The third-order valence-electron chi connectivity index (χ3n) is 9.98. The average Bonchev–Trinajstić information content (AvgIpc) is 3.18. The summed E-state index contributed by atoms with van der Waals surface area (Å²) in [6.45, 7) is 6.09. The van der Waals surface area contributed by atoms with Crippen molar-refractivity contribution in [2.75, 3.05) is 6.54 Å². The Morgan fingerprint density at radius 3 is 1.86 bits per heavy atom. The topological polar surface area (TPSA) is 301 Å². The first-order valence-corrected chi connectivity index (χ1v) is 19.7. The van der Waals surface area contributed by atoms with Gasteiger partial charge in [0.1, 0.15) is 29.9 Å². The molecule has 12 N–H and O–H groups in total. The lowest BCUT2D eigenvalue weighted by Crippen LogP contribution is -2.60. The van der Waals surface area contributed by atoms with Gasteiger partial charge in [-0.3, -0.25) is 38.4 Å². The minimum Gasteiger partial charge on any atom is -0.508 e. The fourth-order valence-corrected chi connectivity index (χ4v) is 6.70. The SMILES string of the molecule is CC(C)[C@H](NC(=O)[C@H](CC(=O)O)NC(=O)[C@H](Cc1ccccc1)NC(=O)[C@H]1CCC[C@H](NC(=O)[C@@H](N)Cc2ccc(O)cc2)C1)C(=O)N[C@H](C(=O)NCC(N)=O)C(C)C. The van der Waals surface area contributed by atoms with E-state index in [0.29, 0.717) is 24.8 Å². The summed E-state index contributed by atoms with van der Waals surface area (Å²) in [5, 5.41) is 34.9. The van der Waals surface area contributed by atoms with E-state index < -0.39 is 108 Å². The highest BCUT2D eigenvalue weighted by Crippen LogP contribution is 2.25. The van der Waals surface area contributed by atoms with Gasteiger partial charge in [-0.2, -0.15) is 0 Å². The van der Waals surface area contributed by atoms with Gasteiger partial charge >= 0.3 is 5.97 Å². The molecule has 0 radical (unpaired) electrons. The molecule has 0 bridgehead atoms. The van der Waals surface area contributed by atoms with Crippen molar-refractivity contribution in [2.45, 2.75) is 109 Å². The van der Waals surface area contributed by atoms with Crippen LogP contribution in [0.25, 0.3) is 0 Å². The van der Waals surface area contributed by atoms with Crippen molar-refractivity contribution in [1.82, 2.24) is 31.9 Å². The molecule has 0 unspecified atom stereocenters. The Hall–Kier alpha value is -6.04. The maximum atomic E-state index is 13.9. The highest BCUT2D eigenvalue weighted by atomic mass is 16.4. The summed E-state index contributed by atoms with van der Waals surface area (Å²) in [6, 6.07) is 8.56. The number of phenolic OH excluding ortho intramolecular Hbond substituents is 1. The van der Waals surface area contributed by atoms with Gasteiger partial charge in [0.25, 0.3) is 0 Å². The third-order valence-corrected chi connectivity index (χ3v) is 9.98. The molecule has 1 aliphatic carbocycles. The lowest BCUT2D eigenvalue weighted by Gasteiger charge is -2.31. The lowest BCUT2D eigenvalue weighted by molar-refractivity contribution is -0.142. The van der Waals surface area contributed by atoms with Crippen LogP contribution in [0.4, 0.5) is 0 Å². The first kappa shape index (κ1) is 47.3. The van der Waals surface area contributed by atoms with E-state index in [1.807, 2.05) is 0 Å². The molecule has 3 rings (SSSR count). The number of benzene rings is 2. The zero-order chi connectivity index (χ0) is 43.8. The van der Waals surface area contributed by atoms with E-state index in [-0.39, 0.29) is 31.1 Å². The van der Waals surface area contributed by atoms with E-state index in [0.717, 1.165) is 5.56 Å². The summed E-state index contributed by atoms with van der Waals surface area (Å²) in [6.07, 6.45) is 1.33. The molecule has 7 amide bonds. The van der Waals surface area contributed by atoms with Crippen molar-refractivity contribution >= 4 is 47.3 Å². The van der Waals surface area contributed by atoms with Gasteiger partial charge in [-0.15, -0.1) is 0 Å². The van der Waals surface area contributed by atoms with Crippen molar-refractivity contribution in [3.8, 4) is 5.75 Å². The van der Waals surface area contributed by atoms with Gasteiger partial charge < -0.3 is 53.6 Å². The Labute approximate surface area is 343 Å². The summed E-state index contributed by atoms with van der Waals surface area (Å²) in [5.74, 6) is -7.86. The highest BCUT2D eigenvalue weighted by molar-refractivity contribution is 5.97. The summed E-state index contributed by atoms with van der Waals surface area (Å²) in [4.78, 5) is 104. The van der Waals surface area contributed by atoms with Gasteiger partial charge in [0.15, 0.2) is 0 Å². The Balaban J connectivity index is 1.73. The Bertz CT molecular complexity index is 1790. The minimum absolute atomic E-state index is 0.00967. The molecule has 1 fully saturated rings. The molecule has 0 aliphatic heterocycles. The van der Waals surface area contributed by atoms with Crippen LogP contribution in [0.2, 0.25) is 0 Å². The predicted octanol–water partition coefficient (Wildman–Crippen LogP) is -0.493.